The van der Waals surface area contributed by atoms with Gasteiger partial charge in [0.2, 0.25) is 11.8 Å². The largest absolute Gasteiger partial charge is 0.366 e. The van der Waals surface area contributed by atoms with Crippen molar-refractivity contribution in [3.63, 3.8) is 0 Å². The van der Waals surface area contributed by atoms with Crippen LogP contribution in [0.3, 0.4) is 0 Å². The molecule has 1 aromatic rings. The number of hydrogen-bond acceptors (Lipinski definition) is 3. The lowest BCUT2D eigenvalue weighted by Crippen LogP contribution is -2.27. The molecule has 1 rings (SSSR count). The molecule has 92 valence electrons. The van der Waals surface area contributed by atoms with Crippen molar-refractivity contribution in [3.05, 3.63) is 42.7 Å². The third-order valence-corrected chi connectivity index (χ3v) is 1.56. The van der Waals surface area contributed by atoms with Crippen molar-refractivity contribution in [1.82, 2.24) is 10.3 Å². The number of aromatic nitrogens is 1. The molecule has 0 aliphatic heterocycles. The number of carbonyl (C=O) groups is 2. The van der Waals surface area contributed by atoms with E-state index in [-0.39, 0.29) is 11.9 Å². The van der Waals surface area contributed by atoms with Crippen molar-refractivity contribution in [2.24, 2.45) is 5.73 Å². The van der Waals surface area contributed by atoms with Gasteiger partial charge in [0.15, 0.2) is 0 Å². The average Bonchev–Trinajstić information content (AvgIpc) is 2.30. The first-order valence-corrected chi connectivity index (χ1v) is 5.10. The Morgan fingerprint density at radius 3 is 2.41 bits per heavy atom. The van der Waals surface area contributed by atoms with E-state index in [1.54, 1.807) is 18.3 Å². The molecule has 5 nitrogen and oxygen atoms in total. The van der Waals surface area contributed by atoms with Crippen LogP contribution < -0.4 is 11.1 Å². The van der Waals surface area contributed by atoms with Crippen molar-refractivity contribution in [2.45, 2.75) is 19.9 Å². The van der Waals surface area contributed by atoms with Crippen LogP contribution in [0.5, 0.6) is 0 Å². The molecule has 0 aliphatic rings. The van der Waals surface area contributed by atoms with E-state index in [9.17, 15) is 9.59 Å². The minimum atomic E-state index is -0.442. The first-order valence-electron chi connectivity index (χ1n) is 5.10. The predicted molar refractivity (Wildman–Crippen MR) is 66.2 cm³/mol. The van der Waals surface area contributed by atoms with Crippen LogP contribution >= 0.6 is 0 Å². The maximum Gasteiger partial charge on any atom is 0.250 e. The predicted octanol–water partition coefficient (Wildman–Crippen LogP) is 0.877. The maximum absolute atomic E-state index is 10.4. The van der Waals surface area contributed by atoms with E-state index in [1.165, 1.54) is 12.3 Å². The fraction of sp³-hybridized carbons (Fsp3) is 0.250. The van der Waals surface area contributed by atoms with Crippen molar-refractivity contribution < 1.29 is 9.59 Å². The molecule has 0 saturated heterocycles. The lowest BCUT2D eigenvalue weighted by Gasteiger charge is -2.02. The summed E-state index contributed by atoms with van der Waals surface area (Å²) >= 11 is 0. The van der Waals surface area contributed by atoms with Crippen LogP contribution in [0, 0.1) is 0 Å². The molecule has 0 radical (unpaired) electrons. The van der Waals surface area contributed by atoms with Crippen LogP contribution in [0.25, 0.3) is 0 Å². The van der Waals surface area contributed by atoms with Crippen molar-refractivity contribution in [2.75, 3.05) is 0 Å². The molecule has 17 heavy (non-hydrogen) atoms. The number of primary amides is 1. The van der Waals surface area contributed by atoms with Crippen LogP contribution in [0.1, 0.15) is 24.2 Å². The minimum absolute atomic E-state index is 0.111. The zero-order valence-corrected chi connectivity index (χ0v) is 10.0. The molecule has 0 bridgehead atoms. The Bertz CT molecular complexity index is 375. The highest BCUT2D eigenvalue weighted by molar-refractivity contribution is 5.92. The summed E-state index contributed by atoms with van der Waals surface area (Å²) in [5, 5.41) is 2.64. The number of nitrogens with one attached hydrogen (secondary N) is 1. The molecule has 3 N–H and O–H groups in total. The molecule has 2 amide bonds. The smallest absolute Gasteiger partial charge is 0.250 e. The lowest BCUT2D eigenvalue weighted by atomic mass is 10.3. The number of carbonyl (C=O) groups excluding carboxylic acids is 2. The van der Waals surface area contributed by atoms with Gasteiger partial charge >= 0.3 is 0 Å². The Morgan fingerprint density at radius 2 is 2.18 bits per heavy atom. The van der Waals surface area contributed by atoms with E-state index < -0.39 is 5.91 Å². The van der Waals surface area contributed by atoms with Crippen LogP contribution in [0.2, 0.25) is 0 Å². The molecule has 1 heterocycles. The number of nitrogens with zero attached hydrogens (tertiary/aromatic N) is 1. The summed E-state index contributed by atoms with van der Waals surface area (Å²) in [6.45, 7) is 7.11. The monoisotopic (exact) mass is 235 g/mol. The summed E-state index contributed by atoms with van der Waals surface area (Å²) in [7, 11) is 0. The topological polar surface area (TPSA) is 85.1 Å². The number of nitrogens with two attached hydrogens (primary N) is 1. The van der Waals surface area contributed by atoms with Gasteiger partial charge in [0.25, 0.3) is 0 Å². The molecule has 0 saturated carbocycles. The molecule has 0 fully saturated rings. The van der Waals surface area contributed by atoms with Gasteiger partial charge in [0.1, 0.15) is 0 Å². The Balaban J connectivity index is 0.000000304. The quantitative estimate of drug-likeness (QED) is 0.762. The van der Waals surface area contributed by atoms with Crippen molar-refractivity contribution in [1.29, 1.82) is 0 Å². The molecule has 0 aliphatic carbocycles. The third kappa shape index (κ3) is 7.72. The van der Waals surface area contributed by atoms with Gasteiger partial charge in [-0.1, -0.05) is 6.58 Å². The van der Waals surface area contributed by atoms with Gasteiger partial charge in [0.05, 0.1) is 5.56 Å². The van der Waals surface area contributed by atoms with E-state index in [0.717, 1.165) is 0 Å². The Hall–Kier alpha value is -2.17. The average molecular weight is 235 g/mol. The third-order valence-electron chi connectivity index (χ3n) is 1.56. The highest BCUT2D eigenvalue weighted by Crippen LogP contribution is 1.91. The highest BCUT2D eigenvalue weighted by atomic mass is 16.1. The summed E-state index contributed by atoms with van der Waals surface area (Å²) < 4.78 is 0. The van der Waals surface area contributed by atoms with E-state index in [1.807, 2.05) is 13.8 Å². The molecule has 0 aromatic carbocycles. The zero-order valence-electron chi connectivity index (χ0n) is 10.0. The fourth-order valence-electron chi connectivity index (χ4n) is 0.852. The Morgan fingerprint density at radius 1 is 1.53 bits per heavy atom. The Labute approximate surface area is 101 Å². The second-order valence-electron chi connectivity index (χ2n) is 3.47. The SMILES string of the molecule is C=CC(=O)NC(C)C.NC(=O)c1cccnc1. The van der Waals surface area contributed by atoms with Crippen molar-refractivity contribution in [3.8, 4) is 0 Å². The molecule has 0 atom stereocenters. The molecule has 0 spiro atoms. The van der Waals surface area contributed by atoms with E-state index in [2.05, 4.69) is 16.9 Å². The van der Waals surface area contributed by atoms with Crippen LogP contribution in [0.4, 0.5) is 0 Å². The molecule has 0 unspecified atom stereocenters. The van der Waals surface area contributed by atoms with Crippen LogP contribution in [-0.2, 0) is 4.79 Å². The van der Waals surface area contributed by atoms with Gasteiger partial charge < -0.3 is 11.1 Å². The molecular formula is C12H17N3O2. The minimum Gasteiger partial charge on any atom is -0.366 e. The van der Waals surface area contributed by atoms with Gasteiger partial charge in [-0.2, -0.15) is 0 Å². The summed E-state index contributed by atoms with van der Waals surface area (Å²) in [5.41, 5.74) is 5.38. The van der Waals surface area contributed by atoms with Gasteiger partial charge in [-0.25, -0.2) is 0 Å². The normalized spacial score (nSPS) is 8.88. The van der Waals surface area contributed by atoms with Gasteiger partial charge in [-0.05, 0) is 32.1 Å². The van der Waals surface area contributed by atoms with Crippen LogP contribution in [-0.4, -0.2) is 22.8 Å². The number of pyridine rings is 1. The number of amides is 2. The van der Waals surface area contributed by atoms with Gasteiger partial charge in [-0.3, -0.25) is 14.6 Å². The second-order valence-corrected chi connectivity index (χ2v) is 3.47. The lowest BCUT2D eigenvalue weighted by molar-refractivity contribution is -0.116. The van der Waals surface area contributed by atoms with Gasteiger partial charge in [-0.15, -0.1) is 0 Å². The first-order chi connectivity index (χ1) is 7.97. The zero-order chi connectivity index (χ0) is 13.3. The van der Waals surface area contributed by atoms with Gasteiger partial charge in [0, 0.05) is 18.4 Å². The summed E-state index contributed by atoms with van der Waals surface area (Å²) in [4.78, 5) is 24.5. The maximum atomic E-state index is 10.4. The van der Waals surface area contributed by atoms with E-state index in [0.29, 0.717) is 5.56 Å². The number of rotatable bonds is 3. The second kappa shape index (κ2) is 8.04. The highest BCUT2D eigenvalue weighted by Gasteiger charge is 1.95. The van der Waals surface area contributed by atoms with Crippen LogP contribution in [0.15, 0.2) is 37.2 Å². The van der Waals surface area contributed by atoms with E-state index in [4.69, 9.17) is 5.73 Å². The summed E-state index contributed by atoms with van der Waals surface area (Å²) in [6.07, 6.45) is 4.29. The summed E-state index contributed by atoms with van der Waals surface area (Å²) in [6, 6.07) is 3.50. The first kappa shape index (κ1) is 14.8. The van der Waals surface area contributed by atoms with Crippen molar-refractivity contribution >= 4 is 11.8 Å². The van der Waals surface area contributed by atoms with E-state index >= 15 is 0 Å². The standard InChI is InChI=1S/C6H6N2O.C6H11NO/c7-6(9)5-2-1-3-8-4-5;1-4-6(8)7-5(2)3/h1-4H,(H2,7,9);4-5H,1H2,2-3H3,(H,7,8). The Kier molecular flexibility index (Phi) is 7.01. The molecule has 5 heteroatoms. The fourth-order valence-corrected chi connectivity index (χ4v) is 0.852. The molecular weight excluding hydrogens is 218 g/mol. The number of hydrogen-bond donors (Lipinski definition) is 2. The molecule has 1 aromatic heterocycles. The summed E-state index contributed by atoms with van der Waals surface area (Å²) in [5.74, 6) is -0.553.